The number of likely N-dealkylation sites (N-methyl/N-ethyl adjacent to an activating group) is 1. The molecule has 4 N–H and O–H groups in total. The Morgan fingerprint density at radius 3 is 2.60 bits per heavy atom. The van der Waals surface area contributed by atoms with Crippen LogP contribution in [0.25, 0.3) is 0 Å². The van der Waals surface area contributed by atoms with Crippen LogP contribution in [0.3, 0.4) is 0 Å². The first-order valence-electron chi connectivity index (χ1n) is 7.38. The normalized spacial score (nSPS) is 10.1. The fourth-order valence-electron chi connectivity index (χ4n) is 1.87. The minimum atomic E-state index is -0.356. The van der Waals surface area contributed by atoms with Gasteiger partial charge in [0.25, 0.3) is 11.8 Å². The number of nitrogen functional groups attached to an aromatic ring is 1. The van der Waals surface area contributed by atoms with Crippen molar-refractivity contribution in [3.8, 4) is 0 Å². The summed E-state index contributed by atoms with van der Waals surface area (Å²) in [5.41, 5.74) is 6.20. The van der Waals surface area contributed by atoms with Crippen molar-refractivity contribution in [2.45, 2.75) is 0 Å². The summed E-state index contributed by atoms with van der Waals surface area (Å²) in [7, 11) is 1.61. The second-order valence-corrected chi connectivity index (χ2v) is 5.96. The van der Waals surface area contributed by atoms with Crippen molar-refractivity contribution < 1.29 is 14.4 Å². The molecule has 0 aromatic carbocycles. The van der Waals surface area contributed by atoms with E-state index in [4.69, 9.17) is 5.73 Å². The molecule has 2 aromatic rings. The molecule has 0 saturated carbocycles. The van der Waals surface area contributed by atoms with E-state index in [2.05, 4.69) is 20.6 Å². The average molecular weight is 362 g/mol. The first kappa shape index (κ1) is 18.3. The molecule has 3 amide bonds. The van der Waals surface area contributed by atoms with Gasteiger partial charge in [-0.05, 0) is 12.1 Å². The van der Waals surface area contributed by atoms with E-state index >= 15 is 0 Å². The highest BCUT2D eigenvalue weighted by molar-refractivity contribution is 7.13. The van der Waals surface area contributed by atoms with E-state index in [1.165, 1.54) is 28.6 Å². The van der Waals surface area contributed by atoms with Gasteiger partial charge in [-0.25, -0.2) is 4.98 Å². The summed E-state index contributed by atoms with van der Waals surface area (Å²) < 4.78 is 0. The molecule has 0 atom stereocenters. The summed E-state index contributed by atoms with van der Waals surface area (Å²) >= 11 is 1.19. The zero-order chi connectivity index (χ0) is 18.2. The van der Waals surface area contributed by atoms with Crippen LogP contribution in [0.2, 0.25) is 0 Å². The van der Waals surface area contributed by atoms with Crippen LogP contribution in [0, 0.1) is 0 Å². The van der Waals surface area contributed by atoms with E-state index in [0.29, 0.717) is 17.2 Å². The number of carbonyl (C=O) groups excluding carboxylic acids is 3. The highest BCUT2D eigenvalue weighted by Crippen LogP contribution is 2.12. The molecule has 0 aliphatic rings. The van der Waals surface area contributed by atoms with Gasteiger partial charge >= 0.3 is 0 Å². The largest absolute Gasteiger partial charge is 0.375 e. The second-order valence-electron chi connectivity index (χ2n) is 5.07. The molecule has 25 heavy (non-hydrogen) atoms. The van der Waals surface area contributed by atoms with E-state index in [9.17, 15) is 14.4 Å². The van der Waals surface area contributed by atoms with Gasteiger partial charge in [-0.2, -0.15) is 0 Å². The minimum Gasteiger partial charge on any atom is -0.375 e. The molecular formula is C15H18N6O3S. The molecule has 2 aromatic heterocycles. The van der Waals surface area contributed by atoms with Gasteiger partial charge in [0, 0.05) is 43.5 Å². The highest BCUT2D eigenvalue weighted by atomic mass is 32.1. The number of rotatable bonds is 7. The maximum Gasteiger partial charge on any atom is 0.273 e. The lowest BCUT2D eigenvalue weighted by Gasteiger charge is -2.16. The Bertz CT molecular complexity index is 749. The van der Waals surface area contributed by atoms with Crippen LogP contribution in [0.4, 0.5) is 5.13 Å². The van der Waals surface area contributed by atoms with E-state index in [1.807, 2.05) is 0 Å². The molecule has 0 radical (unpaired) electrons. The predicted octanol–water partition coefficient (Wildman–Crippen LogP) is -0.261. The zero-order valence-corrected chi connectivity index (χ0v) is 14.4. The molecule has 2 rings (SSSR count). The smallest absolute Gasteiger partial charge is 0.273 e. The number of hydrogen-bond acceptors (Lipinski definition) is 7. The lowest BCUT2D eigenvalue weighted by molar-refractivity contribution is -0.120. The van der Waals surface area contributed by atoms with Gasteiger partial charge in [-0.15, -0.1) is 11.3 Å². The van der Waals surface area contributed by atoms with Crippen LogP contribution in [-0.2, 0) is 4.79 Å². The molecule has 0 aliphatic heterocycles. The molecule has 132 valence electrons. The number of anilines is 1. The topological polar surface area (TPSA) is 130 Å². The average Bonchev–Trinajstić information content (AvgIpc) is 3.06. The summed E-state index contributed by atoms with van der Waals surface area (Å²) in [4.78, 5) is 44.7. The SMILES string of the molecule is CN(CCNC(=O)CNC(=O)c1ccncc1)C(=O)c1csc(N)n1. The minimum absolute atomic E-state index is 0.151. The fourth-order valence-corrected chi connectivity index (χ4v) is 2.41. The Hall–Kier alpha value is -3.01. The Labute approximate surface area is 148 Å². The van der Waals surface area contributed by atoms with Crippen molar-refractivity contribution in [1.82, 2.24) is 25.5 Å². The molecule has 2 heterocycles. The number of hydrogen-bond donors (Lipinski definition) is 3. The van der Waals surface area contributed by atoms with Crippen LogP contribution in [0.1, 0.15) is 20.8 Å². The van der Waals surface area contributed by atoms with Crippen LogP contribution in [0.5, 0.6) is 0 Å². The van der Waals surface area contributed by atoms with Crippen molar-refractivity contribution in [3.63, 3.8) is 0 Å². The van der Waals surface area contributed by atoms with E-state index in [-0.39, 0.29) is 36.5 Å². The fraction of sp³-hybridized carbons (Fsp3) is 0.267. The highest BCUT2D eigenvalue weighted by Gasteiger charge is 2.15. The number of thiazole rings is 1. The second kappa shape index (κ2) is 8.73. The zero-order valence-electron chi connectivity index (χ0n) is 13.6. The molecule has 9 nitrogen and oxygen atoms in total. The summed E-state index contributed by atoms with van der Waals surface area (Å²) in [6.45, 7) is 0.410. The molecule has 0 unspecified atom stereocenters. The molecule has 0 aliphatic carbocycles. The van der Waals surface area contributed by atoms with Crippen LogP contribution in [-0.4, -0.2) is 59.3 Å². The summed E-state index contributed by atoms with van der Waals surface area (Å²) in [6.07, 6.45) is 3.00. The molecule has 0 saturated heterocycles. The maximum absolute atomic E-state index is 12.0. The van der Waals surface area contributed by atoms with Crippen molar-refractivity contribution in [1.29, 1.82) is 0 Å². The maximum atomic E-state index is 12.0. The van der Waals surface area contributed by atoms with Crippen LogP contribution < -0.4 is 16.4 Å². The number of amides is 3. The Kier molecular flexibility index (Phi) is 6.40. The van der Waals surface area contributed by atoms with Crippen molar-refractivity contribution in [2.75, 3.05) is 32.4 Å². The van der Waals surface area contributed by atoms with Crippen molar-refractivity contribution in [3.05, 3.63) is 41.2 Å². The predicted molar refractivity (Wildman–Crippen MR) is 93.1 cm³/mol. The number of pyridine rings is 1. The quantitative estimate of drug-likeness (QED) is 0.622. The summed E-state index contributed by atoms with van der Waals surface area (Å²) in [6, 6.07) is 3.11. The number of nitrogens with one attached hydrogen (secondary N) is 2. The first-order chi connectivity index (χ1) is 12.0. The summed E-state index contributed by atoms with van der Waals surface area (Å²) in [5.74, 6) is -0.972. The molecule has 10 heteroatoms. The van der Waals surface area contributed by atoms with E-state index < -0.39 is 0 Å². The number of nitrogens with zero attached hydrogens (tertiary/aromatic N) is 3. The molecule has 0 fully saturated rings. The standard InChI is InChI=1S/C15H18N6O3S/c1-21(14(24)11-9-25-15(16)20-11)7-6-18-12(22)8-19-13(23)10-2-4-17-5-3-10/h2-5,9H,6-8H2,1H3,(H2,16,20)(H,18,22)(H,19,23). The van der Waals surface area contributed by atoms with Gasteiger partial charge < -0.3 is 21.3 Å². The van der Waals surface area contributed by atoms with Crippen molar-refractivity contribution >= 4 is 34.2 Å². The molecule has 0 spiro atoms. The third-order valence-corrected chi connectivity index (χ3v) is 3.88. The van der Waals surface area contributed by atoms with Gasteiger partial charge in [0.2, 0.25) is 5.91 Å². The molecule has 0 bridgehead atoms. The Balaban J connectivity index is 1.68. The molecular weight excluding hydrogens is 344 g/mol. The van der Waals surface area contributed by atoms with E-state index in [0.717, 1.165) is 0 Å². The van der Waals surface area contributed by atoms with Crippen LogP contribution in [0.15, 0.2) is 29.9 Å². The third-order valence-electron chi connectivity index (χ3n) is 3.21. The third kappa shape index (κ3) is 5.53. The van der Waals surface area contributed by atoms with Gasteiger partial charge in [0.1, 0.15) is 5.69 Å². The Morgan fingerprint density at radius 2 is 1.96 bits per heavy atom. The lowest BCUT2D eigenvalue weighted by atomic mass is 10.2. The Morgan fingerprint density at radius 1 is 1.24 bits per heavy atom. The first-order valence-corrected chi connectivity index (χ1v) is 8.26. The van der Waals surface area contributed by atoms with Crippen LogP contribution >= 0.6 is 11.3 Å². The van der Waals surface area contributed by atoms with Gasteiger partial charge in [0.05, 0.1) is 6.54 Å². The van der Waals surface area contributed by atoms with Gasteiger partial charge in [-0.3, -0.25) is 19.4 Å². The lowest BCUT2D eigenvalue weighted by Crippen LogP contribution is -2.41. The van der Waals surface area contributed by atoms with Gasteiger partial charge in [0.15, 0.2) is 5.13 Å². The van der Waals surface area contributed by atoms with Crippen molar-refractivity contribution in [2.24, 2.45) is 0 Å². The van der Waals surface area contributed by atoms with Gasteiger partial charge in [-0.1, -0.05) is 0 Å². The number of nitrogens with two attached hydrogens (primary N) is 1. The number of aromatic nitrogens is 2. The monoisotopic (exact) mass is 362 g/mol. The number of carbonyl (C=O) groups is 3. The van der Waals surface area contributed by atoms with E-state index in [1.54, 1.807) is 24.6 Å². The summed E-state index contributed by atoms with van der Waals surface area (Å²) in [5, 5.41) is 7.05.